The Bertz CT molecular complexity index is 829. The SMILES string of the molecule is O=C(Nc1ccc(Cl)c(Cl)c1)N1C2CCC1c1c(ccnc1F)C2. The quantitative estimate of drug-likeness (QED) is 0.736. The molecule has 1 saturated heterocycles. The molecule has 2 bridgehead atoms. The Hall–Kier alpha value is -1.85. The normalized spacial score (nSPS) is 21.5. The topological polar surface area (TPSA) is 45.2 Å². The minimum Gasteiger partial charge on any atom is -0.314 e. The summed E-state index contributed by atoms with van der Waals surface area (Å²) in [6.07, 6.45) is 3.74. The molecule has 3 heterocycles. The summed E-state index contributed by atoms with van der Waals surface area (Å²) >= 11 is 11.9. The molecule has 2 aliphatic heterocycles. The number of pyridine rings is 1. The second-order valence-electron chi connectivity index (χ2n) is 6.09. The molecular formula is C17H14Cl2FN3O. The van der Waals surface area contributed by atoms with Crippen molar-refractivity contribution in [3.8, 4) is 0 Å². The Labute approximate surface area is 148 Å². The fourth-order valence-electron chi connectivity index (χ4n) is 3.70. The third kappa shape index (κ3) is 2.52. The van der Waals surface area contributed by atoms with E-state index in [1.54, 1.807) is 23.1 Å². The molecule has 4 nitrogen and oxygen atoms in total. The Morgan fingerprint density at radius 2 is 2.08 bits per heavy atom. The zero-order valence-corrected chi connectivity index (χ0v) is 14.1. The van der Waals surface area contributed by atoms with Crippen LogP contribution in [0.1, 0.15) is 30.0 Å². The van der Waals surface area contributed by atoms with E-state index >= 15 is 0 Å². The number of carbonyl (C=O) groups is 1. The van der Waals surface area contributed by atoms with Crippen LogP contribution in [0.3, 0.4) is 0 Å². The van der Waals surface area contributed by atoms with Crippen molar-refractivity contribution in [2.75, 3.05) is 5.32 Å². The predicted molar refractivity (Wildman–Crippen MR) is 91.0 cm³/mol. The first-order valence-corrected chi connectivity index (χ1v) is 8.48. The predicted octanol–water partition coefficient (Wildman–Crippen LogP) is 4.82. The summed E-state index contributed by atoms with van der Waals surface area (Å²) in [6, 6.07) is 6.32. The number of fused-ring (bicyclic) bond motifs is 4. The van der Waals surface area contributed by atoms with E-state index in [9.17, 15) is 9.18 Å². The van der Waals surface area contributed by atoms with Crippen molar-refractivity contribution < 1.29 is 9.18 Å². The van der Waals surface area contributed by atoms with Gasteiger partial charge in [0, 0.05) is 23.5 Å². The van der Waals surface area contributed by atoms with Crippen molar-refractivity contribution in [2.24, 2.45) is 0 Å². The van der Waals surface area contributed by atoms with Crippen LogP contribution in [-0.2, 0) is 6.42 Å². The molecule has 1 aromatic carbocycles. The Morgan fingerprint density at radius 3 is 2.88 bits per heavy atom. The number of benzene rings is 1. The lowest BCUT2D eigenvalue weighted by Crippen LogP contribution is -2.44. The van der Waals surface area contributed by atoms with Crippen molar-refractivity contribution in [1.82, 2.24) is 9.88 Å². The number of hydrogen-bond donors (Lipinski definition) is 1. The van der Waals surface area contributed by atoms with Crippen LogP contribution in [0.25, 0.3) is 0 Å². The van der Waals surface area contributed by atoms with Crippen molar-refractivity contribution >= 4 is 34.9 Å². The van der Waals surface area contributed by atoms with Gasteiger partial charge in [0.1, 0.15) is 0 Å². The van der Waals surface area contributed by atoms with Gasteiger partial charge in [-0.2, -0.15) is 4.39 Å². The minimum absolute atomic E-state index is 0.0760. The van der Waals surface area contributed by atoms with E-state index in [0.29, 0.717) is 27.7 Å². The number of hydrogen-bond acceptors (Lipinski definition) is 2. The molecule has 2 aliphatic rings. The number of nitrogens with one attached hydrogen (secondary N) is 1. The molecule has 7 heteroatoms. The van der Waals surface area contributed by atoms with Crippen LogP contribution in [0.15, 0.2) is 30.5 Å². The van der Waals surface area contributed by atoms with Crippen molar-refractivity contribution in [3.05, 3.63) is 57.6 Å². The number of amides is 2. The standard InChI is InChI=1S/C17H14Cl2FN3O/c18-12-3-1-10(8-13(12)19)22-17(24)23-11-2-4-14(23)15-9(7-11)5-6-21-16(15)20/h1,3,5-6,8,11,14H,2,4,7H2,(H,22,24). The average Bonchev–Trinajstić information content (AvgIpc) is 2.85. The van der Waals surface area contributed by atoms with Crippen molar-refractivity contribution in [3.63, 3.8) is 0 Å². The summed E-state index contributed by atoms with van der Waals surface area (Å²) in [6.45, 7) is 0. The van der Waals surface area contributed by atoms with E-state index < -0.39 is 5.95 Å². The zero-order valence-electron chi connectivity index (χ0n) is 12.6. The zero-order chi connectivity index (χ0) is 16.8. The molecule has 0 spiro atoms. The van der Waals surface area contributed by atoms with E-state index in [2.05, 4.69) is 10.3 Å². The van der Waals surface area contributed by atoms with Crippen LogP contribution < -0.4 is 5.32 Å². The van der Waals surface area contributed by atoms with E-state index in [0.717, 1.165) is 18.4 Å². The fourth-order valence-corrected chi connectivity index (χ4v) is 4.00. The highest BCUT2D eigenvalue weighted by Gasteiger charge is 2.44. The first-order valence-electron chi connectivity index (χ1n) is 7.72. The molecule has 24 heavy (non-hydrogen) atoms. The Balaban J connectivity index is 1.62. The second-order valence-corrected chi connectivity index (χ2v) is 6.91. The summed E-state index contributed by atoms with van der Waals surface area (Å²) < 4.78 is 14.2. The summed E-state index contributed by atoms with van der Waals surface area (Å²) in [7, 11) is 0. The van der Waals surface area contributed by atoms with E-state index in [1.165, 1.54) is 6.20 Å². The van der Waals surface area contributed by atoms with Gasteiger partial charge in [-0.1, -0.05) is 23.2 Å². The van der Waals surface area contributed by atoms with Crippen molar-refractivity contribution in [2.45, 2.75) is 31.3 Å². The third-order valence-corrected chi connectivity index (χ3v) is 5.47. The van der Waals surface area contributed by atoms with Crippen LogP contribution in [0, 0.1) is 5.95 Å². The van der Waals surface area contributed by atoms with Gasteiger partial charge < -0.3 is 10.2 Å². The smallest absolute Gasteiger partial charge is 0.314 e. The maximum atomic E-state index is 14.2. The average molecular weight is 366 g/mol. The van der Waals surface area contributed by atoms with E-state index in [-0.39, 0.29) is 18.1 Å². The van der Waals surface area contributed by atoms with Crippen LogP contribution in [0.2, 0.25) is 10.0 Å². The molecule has 1 aromatic heterocycles. The van der Waals surface area contributed by atoms with Crippen LogP contribution >= 0.6 is 23.2 Å². The molecule has 0 radical (unpaired) electrons. The maximum absolute atomic E-state index is 14.2. The lowest BCUT2D eigenvalue weighted by atomic mass is 9.95. The summed E-state index contributed by atoms with van der Waals surface area (Å²) in [5.41, 5.74) is 2.07. The number of nitrogens with zero attached hydrogens (tertiary/aromatic N) is 2. The second kappa shape index (κ2) is 5.90. The molecule has 4 rings (SSSR count). The molecular weight excluding hydrogens is 352 g/mol. The van der Waals surface area contributed by atoms with Gasteiger partial charge in [0.2, 0.25) is 5.95 Å². The summed E-state index contributed by atoms with van der Waals surface area (Å²) in [5, 5.41) is 3.63. The van der Waals surface area contributed by atoms with Gasteiger partial charge in [0.25, 0.3) is 0 Å². The highest BCUT2D eigenvalue weighted by Crippen LogP contribution is 2.44. The lowest BCUT2D eigenvalue weighted by Gasteiger charge is -2.36. The van der Waals surface area contributed by atoms with Crippen LogP contribution in [0.5, 0.6) is 0 Å². The van der Waals surface area contributed by atoms with Gasteiger partial charge in [-0.15, -0.1) is 0 Å². The number of carbonyl (C=O) groups excluding carboxylic acids is 1. The van der Waals surface area contributed by atoms with Gasteiger partial charge in [0.15, 0.2) is 0 Å². The van der Waals surface area contributed by atoms with Gasteiger partial charge in [0.05, 0.1) is 16.1 Å². The van der Waals surface area contributed by atoms with E-state index in [4.69, 9.17) is 23.2 Å². The molecule has 2 atom stereocenters. The monoisotopic (exact) mass is 365 g/mol. The van der Waals surface area contributed by atoms with E-state index in [1.807, 2.05) is 6.07 Å². The van der Waals surface area contributed by atoms with Crippen LogP contribution in [-0.4, -0.2) is 22.0 Å². The number of aromatic nitrogens is 1. The van der Waals surface area contributed by atoms with Gasteiger partial charge >= 0.3 is 6.03 Å². The number of urea groups is 1. The van der Waals surface area contributed by atoms with Gasteiger partial charge in [-0.25, -0.2) is 9.78 Å². The molecule has 2 amide bonds. The largest absolute Gasteiger partial charge is 0.322 e. The molecule has 1 fully saturated rings. The molecule has 2 unspecified atom stereocenters. The molecule has 2 aromatic rings. The molecule has 124 valence electrons. The Kier molecular flexibility index (Phi) is 3.85. The van der Waals surface area contributed by atoms with Crippen LogP contribution in [0.4, 0.5) is 14.9 Å². The Morgan fingerprint density at radius 1 is 1.25 bits per heavy atom. The number of anilines is 1. The van der Waals surface area contributed by atoms with Crippen molar-refractivity contribution in [1.29, 1.82) is 0 Å². The molecule has 0 aliphatic carbocycles. The maximum Gasteiger partial charge on any atom is 0.322 e. The molecule has 1 N–H and O–H groups in total. The first kappa shape index (κ1) is 15.7. The first-order chi connectivity index (χ1) is 11.5. The lowest BCUT2D eigenvalue weighted by molar-refractivity contribution is 0.177. The number of halogens is 3. The summed E-state index contributed by atoms with van der Waals surface area (Å²) in [4.78, 5) is 18.2. The summed E-state index contributed by atoms with van der Waals surface area (Å²) in [5.74, 6) is -0.481. The highest BCUT2D eigenvalue weighted by atomic mass is 35.5. The fraction of sp³-hybridized carbons (Fsp3) is 0.294. The van der Waals surface area contributed by atoms with Gasteiger partial charge in [-0.05, 0) is 49.1 Å². The highest BCUT2D eigenvalue weighted by molar-refractivity contribution is 6.42. The third-order valence-electron chi connectivity index (χ3n) is 4.73. The minimum atomic E-state index is -0.481. The van der Waals surface area contributed by atoms with Gasteiger partial charge in [-0.3, -0.25) is 0 Å². The molecule has 0 saturated carbocycles. The number of rotatable bonds is 1.